The molecule has 20 heavy (non-hydrogen) atoms. The fourth-order valence-electron chi connectivity index (χ4n) is 3.19. The molecular weight excluding hydrogens is 250 g/mol. The molecular formula is C17H25NO2. The lowest BCUT2D eigenvalue weighted by atomic mass is 9.97. The van der Waals surface area contributed by atoms with Gasteiger partial charge in [-0.25, -0.2) is 0 Å². The quantitative estimate of drug-likeness (QED) is 0.771. The Labute approximate surface area is 121 Å². The number of nitrogens with zero attached hydrogens (tertiary/aromatic N) is 1. The molecule has 0 bridgehead atoms. The molecule has 1 aromatic rings. The largest absolute Gasteiger partial charge is 0.466 e. The van der Waals surface area contributed by atoms with Crippen LogP contribution in [0, 0.1) is 5.92 Å². The molecule has 0 N–H and O–H groups in total. The number of ether oxygens (including phenoxy) is 1. The van der Waals surface area contributed by atoms with E-state index in [0.29, 0.717) is 18.7 Å². The van der Waals surface area contributed by atoms with Crippen LogP contribution in [0.25, 0.3) is 0 Å². The molecule has 1 fully saturated rings. The third kappa shape index (κ3) is 3.21. The van der Waals surface area contributed by atoms with Crippen LogP contribution in [0.5, 0.6) is 0 Å². The second-order valence-corrected chi connectivity index (χ2v) is 5.57. The molecule has 3 heteroatoms. The SMILES string of the molecule is CCOC(=O)[C@@H](C)[C@@H]1CCCN1[C@H](C)c1ccccc1. The van der Waals surface area contributed by atoms with E-state index in [0.717, 1.165) is 19.4 Å². The molecule has 0 aromatic heterocycles. The molecule has 1 aromatic carbocycles. The lowest BCUT2D eigenvalue weighted by Crippen LogP contribution is -2.40. The fraction of sp³-hybridized carbons (Fsp3) is 0.588. The number of benzene rings is 1. The van der Waals surface area contributed by atoms with Gasteiger partial charge in [-0.1, -0.05) is 37.3 Å². The van der Waals surface area contributed by atoms with Gasteiger partial charge in [0.15, 0.2) is 0 Å². The first kappa shape index (κ1) is 15.0. The van der Waals surface area contributed by atoms with Crippen LogP contribution in [0.2, 0.25) is 0 Å². The maximum Gasteiger partial charge on any atom is 0.310 e. The number of hydrogen-bond donors (Lipinski definition) is 0. The molecule has 110 valence electrons. The molecule has 0 unspecified atom stereocenters. The lowest BCUT2D eigenvalue weighted by molar-refractivity contribution is -0.149. The summed E-state index contributed by atoms with van der Waals surface area (Å²) in [5, 5.41) is 0. The number of hydrogen-bond acceptors (Lipinski definition) is 3. The monoisotopic (exact) mass is 275 g/mol. The van der Waals surface area contributed by atoms with Crippen molar-refractivity contribution in [3.63, 3.8) is 0 Å². The van der Waals surface area contributed by atoms with Gasteiger partial charge in [-0.2, -0.15) is 0 Å². The lowest BCUT2D eigenvalue weighted by Gasteiger charge is -2.33. The van der Waals surface area contributed by atoms with E-state index in [1.807, 2.05) is 19.9 Å². The summed E-state index contributed by atoms with van der Waals surface area (Å²) in [6.07, 6.45) is 2.24. The van der Waals surface area contributed by atoms with Crippen molar-refractivity contribution in [3.8, 4) is 0 Å². The van der Waals surface area contributed by atoms with E-state index < -0.39 is 0 Å². The fourth-order valence-corrected chi connectivity index (χ4v) is 3.19. The molecule has 3 atom stereocenters. The van der Waals surface area contributed by atoms with E-state index in [1.54, 1.807) is 0 Å². The molecule has 3 nitrogen and oxygen atoms in total. The van der Waals surface area contributed by atoms with Gasteiger partial charge in [0.05, 0.1) is 12.5 Å². The average Bonchev–Trinajstić information content (AvgIpc) is 2.96. The van der Waals surface area contributed by atoms with Crippen LogP contribution in [0.15, 0.2) is 30.3 Å². The van der Waals surface area contributed by atoms with Gasteiger partial charge in [0.1, 0.15) is 0 Å². The molecule has 0 spiro atoms. The van der Waals surface area contributed by atoms with Crippen molar-refractivity contribution >= 4 is 5.97 Å². The summed E-state index contributed by atoms with van der Waals surface area (Å²) in [4.78, 5) is 14.4. The summed E-state index contributed by atoms with van der Waals surface area (Å²) in [7, 11) is 0. The topological polar surface area (TPSA) is 29.5 Å². The van der Waals surface area contributed by atoms with Crippen LogP contribution in [0.4, 0.5) is 0 Å². The molecule has 1 aliphatic rings. The minimum atomic E-state index is -0.0651. The number of rotatable bonds is 5. The zero-order valence-corrected chi connectivity index (χ0v) is 12.7. The van der Waals surface area contributed by atoms with Gasteiger partial charge in [-0.15, -0.1) is 0 Å². The van der Waals surface area contributed by atoms with Crippen molar-refractivity contribution < 1.29 is 9.53 Å². The third-order valence-corrected chi connectivity index (χ3v) is 4.36. The summed E-state index contributed by atoms with van der Waals surface area (Å²) in [6, 6.07) is 11.2. The zero-order valence-electron chi connectivity index (χ0n) is 12.7. The highest BCUT2D eigenvalue weighted by Gasteiger charge is 2.36. The normalized spacial score (nSPS) is 22.4. The summed E-state index contributed by atoms with van der Waals surface area (Å²) >= 11 is 0. The van der Waals surface area contributed by atoms with Crippen LogP contribution in [-0.2, 0) is 9.53 Å². The summed E-state index contributed by atoms with van der Waals surface area (Å²) in [6.45, 7) is 7.61. The highest BCUT2D eigenvalue weighted by Crippen LogP contribution is 2.33. The van der Waals surface area contributed by atoms with Crippen LogP contribution in [0.1, 0.15) is 45.2 Å². The Kier molecular flexibility index (Phi) is 5.18. The van der Waals surface area contributed by atoms with Gasteiger partial charge in [0.25, 0.3) is 0 Å². The summed E-state index contributed by atoms with van der Waals surface area (Å²) in [5.41, 5.74) is 1.32. The molecule has 2 rings (SSSR count). The smallest absolute Gasteiger partial charge is 0.310 e. The Morgan fingerprint density at radius 2 is 2.05 bits per heavy atom. The summed E-state index contributed by atoms with van der Waals surface area (Å²) < 4.78 is 5.18. The Hall–Kier alpha value is -1.35. The minimum absolute atomic E-state index is 0.0522. The van der Waals surface area contributed by atoms with Gasteiger partial charge in [0, 0.05) is 12.1 Å². The van der Waals surface area contributed by atoms with E-state index in [1.165, 1.54) is 5.56 Å². The molecule has 1 heterocycles. The Balaban J connectivity index is 2.09. The van der Waals surface area contributed by atoms with Crippen molar-refractivity contribution in [2.24, 2.45) is 5.92 Å². The zero-order chi connectivity index (χ0) is 14.5. The number of carbonyl (C=O) groups is 1. The second kappa shape index (κ2) is 6.89. The van der Waals surface area contributed by atoms with Gasteiger partial charge >= 0.3 is 5.97 Å². The Morgan fingerprint density at radius 1 is 1.35 bits per heavy atom. The van der Waals surface area contributed by atoms with Gasteiger partial charge in [-0.3, -0.25) is 9.69 Å². The molecule has 0 radical (unpaired) electrons. The maximum atomic E-state index is 12.0. The first-order chi connectivity index (χ1) is 9.65. The number of carbonyl (C=O) groups excluding carboxylic acids is 1. The predicted molar refractivity (Wildman–Crippen MR) is 80.4 cm³/mol. The first-order valence-electron chi connectivity index (χ1n) is 7.62. The van der Waals surface area contributed by atoms with Gasteiger partial charge < -0.3 is 4.74 Å². The van der Waals surface area contributed by atoms with Crippen LogP contribution in [-0.4, -0.2) is 30.1 Å². The van der Waals surface area contributed by atoms with Crippen molar-refractivity contribution in [2.45, 2.75) is 45.7 Å². The molecule has 0 amide bonds. The van der Waals surface area contributed by atoms with Crippen LogP contribution in [0.3, 0.4) is 0 Å². The van der Waals surface area contributed by atoms with Gasteiger partial charge in [-0.05, 0) is 38.8 Å². The highest BCUT2D eigenvalue weighted by atomic mass is 16.5. The van der Waals surface area contributed by atoms with Crippen LogP contribution < -0.4 is 0 Å². The van der Waals surface area contributed by atoms with E-state index >= 15 is 0 Å². The Bertz CT molecular complexity index is 432. The maximum absolute atomic E-state index is 12.0. The molecule has 0 saturated carbocycles. The number of esters is 1. The van der Waals surface area contributed by atoms with E-state index in [4.69, 9.17) is 4.74 Å². The Morgan fingerprint density at radius 3 is 2.70 bits per heavy atom. The molecule has 1 aliphatic heterocycles. The van der Waals surface area contributed by atoms with Gasteiger partial charge in [0.2, 0.25) is 0 Å². The van der Waals surface area contributed by atoms with E-state index in [2.05, 4.69) is 36.1 Å². The first-order valence-corrected chi connectivity index (χ1v) is 7.62. The molecule has 0 aliphatic carbocycles. The van der Waals surface area contributed by atoms with Crippen molar-refractivity contribution in [3.05, 3.63) is 35.9 Å². The average molecular weight is 275 g/mol. The van der Waals surface area contributed by atoms with E-state index in [-0.39, 0.29) is 11.9 Å². The van der Waals surface area contributed by atoms with Crippen molar-refractivity contribution in [1.29, 1.82) is 0 Å². The van der Waals surface area contributed by atoms with E-state index in [9.17, 15) is 4.79 Å². The third-order valence-electron chi connectivity index (χ3n) is 4.36. The standard InChI is InChI=1S/C17H25NO2/c1-4-20-17(19)13(2)16-11-8-12-18(16)14(3)15-9-6-5-7-10-15/h5-7,9-10,13-14,16H,4,8,11-12H2,1-3H3/t13-,14+,16-/m0/s1. The van der Waals surface area contributed by atoms with Crippen molar-refractivity contribution in [2.75, 3.05) is 13.2 Å². The number of likely N-dealkylation sites (tertiary alicyclic amines) is 1. The summed E-state index contributed by atoms with van der Waals surface area (Å²) in [5.74, 6) is -0.117. The van der Waals surface area contributed by atoms with Crippen molar-refractivity contribution in [1.82, 2.24) is 4.90 Å². The second-order valence-electron chi connectivity index (χ2n) is 5.57. The van der Waals surface area contributed by atoms with Crippen LogP contribution >= 0.6 is 0 Å². The highest BCUT2D eigenvalue weighted by molar-refractivity contribution is 5.72. The predicted octanol–water partition coefficient (Wildman–Crippen LogP) is 3.41. The molecule has 1 saturated heterocycles. The minimum Gasteiger partial charge on any atom is -0.466 e.